The first-order valence-electron chi connectivity index (χ1n) is 5.43. The lowest BCUT2D eigenvalue weighted by molar-refractivity contribution is 0.598. The summed E-state index contributed by atoms with van der Waals surface area (Å²) in [4.78, 5) is 5.24. The van der Waals surface area contributed by atoms with Gasteiger partial charge in [0, 0.05) is 4.88 Å². The molecule has 0 saturated carbocycles. The minimum absolute atomic E-state index is 0.0326. The molecule has 0 saturated heterocycles. The lowest BCUT2D eigenvalue weighted by Gasteiger charge is -2.10. The average Bonchev–Trinajstić information content (AvgIpc) is 2.72. The third-order valence-electron chi connectivity index (χ3n) is 2.64. The Morgan fingerprint density at radius 2 is 2.16 bits per heavy atom. The van der Waals surface area contributed by atoms with E-state index in [4.69, 9.17) is 10.9 Å². The highest BCUT2D eigenvalue weighted by Gasteiger charge is 2.10. The molecule has 0 aliphatic rings. The van der Waals surface area contributed by atoms with Crippen LogP contribution in [0.3, 0.4) is 0 Å². The van der Waals surface area contributed by atoms with Crippen LogP contribution in [-0.2, 0) is 16.6 Å². The maximum absolute atomic E-state index is 11.3. The molecule has 0 unspecified atom stereocenters. The number of thiazole rings is 1. The van der Waals surface area contributed by atoms with Crippen LogP contribution in [0.4, 0.5) is 11.4 Å². The van der Waals surface area contributed by atoms with Gasteiger partial charge >= 0.3 is 0 Å². The lowest BCUT2D eigenvalue weighted by atomic mass is 10.2. The first kappa shape index (κ1) is 13.8. The largest absolute Gasteiger partial charge is 0.397 e. The number of nitrogen functional groups attached to an aromatic ring is 1. The van der Waals surface area contributed by atoms with Crippen LogP contribution >= 0.6 is 11.3 Å². The molecule has 0 fully saturated rings. The van der Waals surface area contributed by atoms with E-state index in [9.17, 15) is 8.42 Å². The minimum Gasteiger partial charge on any atom is -0.397 e. The Morgan fingerprint density at radius 1 is 1.42 bits per heavy atom. The molecule has 0 aliphatic carbocycles. The van der Waals surface area contributed by atoms with E-state index in [0.717, 1.165) is 10.6 Å². The van der Waals surface area contributed by atoms with Crippen LogP contribution in [0.1, 0.15) is 10.6 Å². The van der Waals surface area contributed by atoms with Crippen molar-refractivity contribution in [2.24, 2.45) is 5.14 Å². The van der Waals surface area contributed by atoms with Crippen LogP contribution in [0.2, 0.25) is 0 Å². The number of benzene rings is 1. The van der Waals surface area contributed by atoms with Crippen molar-refractivity contribution in [1.29, 1.82) is 0 Å². The number of sulfonamides is 1. The number of aryl methyl sites for hydroxylation is 1. The summed E-state index contributed by atoms with van der Waals surface area (Å²) in [5, 5.41) is 8.18. The summed E-state index contributed by atoms with van der Waals surface area (Å²) in [5.74, 6) is 0. The molecule has 0 amide bonds. The molecule has 2 aromatic rings. The number of hydrogen-bond acceptors (Lipinski definition) is 6. The fraction of sp³-hybridized carbons (Fsp3) is 0.182. The van der Waals surface area contributed by atoms with E-state index in [0.29, 0.717) is 17.9 Å². The van der Waals surface area contributed by atoms with Gasteiger partial charge in [0.05, 0.1) is 34.0 Å². The first-order chi connectivity index (χ1) is 8.88. The minimum atomic E-state index is -3.73. The SMILES string of the molecule is Cc1ncsc1CNc1cc(S(N)(=O)=O)ccc1N. The van der Waals surface area contributed by atoms with Gasteiger partial charge < -0.3 is 11.1 Å². The molecule has 19 heavy (non-hydrogen) atoms. The molecular formula is C11H14N4O2S2. The van der Waals surface area contributed by atoms with Crippen LogP contribution in [-0.4, -0.2) is 13.4 Å². The zero-order valence-corrected chi connectivity index (χ0v) is 11.9. The van der Waals surface area contributed by atoms with Gasteiger partial charge in [-0.1, -0.05) is 0 Å². The van der Waals surface area contributed by atoms with E-state index in [1.54, 1.807) is 5.51 Å². The van der Waals surface area contributed by atoms with Gasteiger partial charge in [0.1, 0.15) is 0 Å². The van der Waals surface area contributed by atoms with Gasteiger partial charge in [0.25, 0.3) is 0 Å². The van der Waals surface area contributed by atoms with Crippen LogP contribution in [0.5, 0.6) is 0 Å². The maximum atomic E-state index is 11.3. The van der Waals surface area contributed by atoms with Crippen molar-refractivity contribution in [2.75, 3.05) is 11.1 Å². The monoisotopic (exact) mass is 298 g/mol. The number of nitrogens with two attached hydrogens (primary N) is 2. The van der Waals surface area contributed by atoms with Crippen molar-refractivity contribution in [1.82, 2.24) is 4.98 Å². The molecule has 6 nitrogen and oxygen atoms in total. The smallest absolute Gasteiger partial charge is 0.238 e. The molecule has 2 rings (SSSR count). The molecule has 1 aromatic heterocycles. The topological polar surface area (TPSA) is 111 Å². The number of primary sulfonamides is 1. The molecular weight excluding hydrogens is 284 g/mol. The molecule has 0 spiro atoms. The summed E-state index contributed by atoms with van der Waals surface area (Å²) in [5.41, 5.74) is 9.51. The number of nitrogens with zero attached hydrogens (tertiary/aromatic N) is 1. The molecule has 0 radical (unpaired) electrons. The molecule has 1 aromatic carbocycles. The van der Waals surface area contributed by atoms with Crippen molar-refractivity contribution in [2.45, 2.75) is 18.4 Å². The lowest BCUT2D eigenvalue weighted by Crippen LogP contribution is -2.13. The third kappa shape index (κ3) is 3.22. The summed E-state index contributed by atoms with van der Waals surface area (Å²) in [7, 11) is -3.73. The number of anilines is 2. The summed E-state index contributed by atoms with van der Waals surface area (Å²) in [6.45, 7) is 2.45. The Labute approximate surface area is 115 Å². The Hall–Kier alpha value is -1.64. The first-order valence-corrected chi connectivity index (χ1v) is 7.85. The van der Waals surface area contributed by atoms with Gasteiger partial charge in [-0.2, -0.15) is 0 Å². The summed E-state index contributed by atoms with van der Waals surface area (Å²) in [6, 6.07) is 4.33. The van der Waals surface area contributed by atoms with Crippen LogP contribution < -0.4 is 16.2 Å². The van der Waals surface area contributed by atoms with Gasteiger partial charge in [0.15, 0.2) is 0 Å². The predicted molar refractivity (Wildman–Crippen MR) is 76.4 cm³/mol. The van der Waals surface area contributed by atoms with E-state index >= 15 is 0 Å². The van der Waals surface area contributed by atoms with Gasteiger partial charge in [-0.3, -0.25) is 0 Å². The predicted octanol–water partition coefficient (Wildman–Crippen LogP) is 1.29. The third-order valence-corrected chi connectivity index (χ3v) is 4.48. The maximum Gasteiger partial charge on any atom is 0.238 e. The number of rotatable bonds is 4. The second kappa shape index (κ2) is 5.16. The van der Waals surface area contributed by atoms with E-state index in [1.165, 1.54) is 29.5 Å². The second-order valence-corrected chi connectivity index (χ2v) is 6.51. The average molecular weight is 298 g/mol. The normalized spacial score (nSPS) is 11.5. The fourth-order valence-corrected chi connectivity index (χ4v) is 2.79. The zero-order chi connectivity index (χ0) is 14.0. The summed E-state index contributed by atoms with van der Waals surface area (Å²) in [6.07, 6.45) is 0. The van der Waals surface area contributed by atoms with Gasteiger partial charge in [-0.15, -0.1) is 11.3 Å². The van der Waals surface area contributed by atoms with E-state index < -0.39 is 10.0 Å². The zero-order valence-electron chi connectivity index (χ0n) is 10.3. The van der Waals surface area contributed by atoms with Crippen molar-refractivity contribution in [3.63, 3.8) is 0 Å². The molecule has 102 valence electrons. The van der Waals surface area contributed by atoms with Crippen molar-refractivity contribution >= 4 is 32.7 Å². The van der Waals surface area contributed by atoms with Gasteiger partial charge in [0.2, 0.25) is 10.0 Å². The van der Waals surface area contributed by atoms with E-state index in [1.807, 2.05) is 6.92 Å². The van der Waals surface area contributed by atoms with E-state index in [2.05, 4.69) is 10.3 Å². The van der Waals surface area contributed by atoms with Gasteiger partial charge in [-0.05, 0) is 25.1 Å². The summed E-state index contributed by atoms with van der Waals surface area (Å²) >= 11 is 1.53. The molecule has 0 atom stereocenters. The van der Waals surface area contributed by atoms with E-state index in [-0.39, 0.29) is 4.90 Å². The number of hydrogen-bond donors (Lipinski definition) is 3. The highest BCUT2D eigenvalue weighted by molar-refractivity contribution is 7.89. The molecule has 0 bridgehead atoms. The number of aromatic nitrogens is 1. The quantitative estimate of drug-likeness (QED) is 0.737. The standard InChI is InChI=1S/C11H14N4O2S2/c1-7-11(18-6-15-7)5-14-10-4-8(19(13,16)17)2-3-9(10)12/h2-4,6,14H,5,12H2,1H3,(H2,13,16,17). The molecule has 0 aliphatic heterocycles. The van der Waals surface area contributed by atoms with Crippen molar-refractivity contribution in [3.8, 4) is 0 Å². The Balaban J connectivity index is 2.23. The highest BCUT2D eigenvalue weighted by Crippen LogP contribution is 2.23. The molecule has 8 heteroatoms. The number of nitrogens with one attached hydrogen (secondary N) is 1. The van der Waals surface area contributed by atoms with Crippen molar-refractivity contribution < 1.29 is 8.42 Å². The molecule has 1 heterocycles. The highest BCUT2D eigenvalue weighted by atomic mass is 32.2. The van der Waals surface area contributed by atoms with Gasteiger partial charge in [-0.25, -0.2) is 18.5 Å². The summed E-state index contributed by atoms with van der Waals surface area (Å²) < 4.78 is 22.6. The second-order valence-electron chi connectivity index (χ2n) is 4.01. The Kier molecular flexibility index (Phi) is 3.74. The van der Waals surface area contributed by atoms with Crippen LogP contribution in [0, 0.1) is 6.92 Å². The van der Waals surface area contributed by atoms with Crippen LogP contribution in [0.15, 0.2) is 28.6 Å². The molecule has 5 N–H and O–H groups in total. The Bertz CT molecular complexity index is 694. The Morgan fingerprint density at radius 3 is 2.74 bits per heavy atom. The fourth-order valence-electron chi connectivity index (χ4n) is 1.54. The van der Waals surface area contributed by atoms with Crippen LogP contribution in [0.25, 0.3) is 0 Å². The van der Waals surface area contributed by atoms with Crippen molar-refractivity contribution in [3.05, 3.63) is 34.3 Å².